The fraction of sp³-hybridized carbons (Fsp3) is 0.842. The second kappa shape index (κ2) is 4.45. The van der Waals surface area contributed by atoms with Crippen molar-refractivity contribution < 1.29 is 4.79 Å². The lowest BCUT2D eigenvalue weighted by Gasteiger charge is -2.60. The summed E-state index contributed by atoms with van der Waals surface area (Å²) in [4.78, 5) is 12.6. The molecule has 3 aliphatic carbocycles. The average molecular weight is 274 g/mol. The highest BCUT2D eigenvalue weighted by molar-refractivity contribution is 5.86. The Bertz CT molecular complexity index is 462. The minimum Gasteiger partial charge on any atom is -0.299 e. The molecule has 0 heterocycles. The maximum absolute atomic E-state index is 12.6. The van der Waals surface area contributed by atoms with Crippen molar-refractivity contribution in [1.29, 1.82) is 0 Å². The minimum atomic E-state index is -0.0768. The van der Waals surface area contributed by atoms with Crippen molar-refractivity contribution in [2.24, 2.45) is 22.2 Å². The molecule has 20 heavy (non-hydrogen) atoms. The molecule has 2 saturated carbocycles. The number of allylic oxidation sites excluding steroid dienone is 2. The van der Waals surface area contributed by atoms with Crippen LogP contribution >= 0.6 is 0 Å². The number of carbonyl (C=O) groups excluding carboxylic acids is 1. The lowest BCUT2D eigenvalue weighted by atomic mass is 9.43. The molecule has 0 N–H and O–H groups in total. The Hall–Kier alpha value is -0.590. The van der Waals surface area contributed by atoms with E-state index in [0.717, 1.165) is 19.3 Å². The Morgan fingerprint density at radius 3 is 2.65 bits per heavy atom. The molecular formula is C19H30O. The topological polar surface area (TPSA) is 17.1 Å². The van der Waals surface area contributed by atoms with E-state index in [2.05, 4.69) is 33.8 Å². The van der Waals surface area contributed by atoms with Crippen molar-refractivity contribution >= 4 is 5.78 Å². The van der Waals surface area contributed by atoms with E-state index in [1.165, 1.54) is 32.1 Å². The van der Waals surface area contributed by atoms with E-state index < -0.39 is 0 Å². The van der Waals surface area contributed by atoms with Gasteiger partial charge >= 0.3 is 0 Å². The second-order valence-corrected chi connectivity index (χ2v) is 8.27. The van der Waals surface area contributed by atoms with Crippen LogP contribution in [-0.2, 0) is 4.79 Å². The van der Waals surface area contributed by atoms with Gasteiger partial charge in [-0.25, -0.2) is 0 Å². The molecule has 0 aromatic heterocycles. The van der Waals surface area contributed by atoms with Gasteiger partial charge in [0.15, 0.2) is 0 Å². The van der Waals surface area contributed by atoms with Crippen LogP contribution < -0.4 is 0 Å². The highest BCUT2D eigenvalue weighted by atomic mass is 16.1. The van der Waals surface area contributed by atoms with E-state index in [1.807, 2.05) is 0 Å². The predicted molar refractivity (Wildman–Crippen MR) is 83.5 cm³/mol. The van der Waals surface area contributed by atoms with Crippen LogP contribution in [0.15, 0.2) is 11.6 Å². The van der Waals surface area contributed by atoms with Gasteiger partial charge < -0.3 is 0 Å². The van der Waals surface area contributed by atoms with Crippen LogP contribution in [0.2, 0.25) is 0 Å². The van der Waals surface area contributed by atoms with Crippen molar-refractivity contribution in [3.63, 3.8) is 0 Å². The maximum Gasteiger partial charge on any atom is 0.139 e. The van der Waals surface area contributed by atoms with Gasteiger partial charge in [0, 0.05) is 11.8 Å². The molecule has 3 aliphatic rings. The molecule has 0 aromatic rings. The lowest BCUT2D eigenvalue weighted by molar-refractivity contribution is -0.143. The normalized spacial score (nSPS) is 48.3. The van der Waals surface area contributed by atoms with Gasteiger partial charge in [-0.05, 0) is 61.7 Å². The number of hydrogen-bond acceptors (Lipinski definition) is 1. The number of carbonyl (C=O) groups is 1. The first-order valence-corrected chi connectivity index (χ1v) is 8.61. The molecule has 0 saturated heterocycles. The second-order valence-electron chi connectivity index (χ2n) is 8.27. The number of rotatable bonds is 1. The summed E-state index contributed by atoms with van der Waals surface area (Å²) in [7, 11) is 0. The zero-order valence-corrected chi connectivity index (χ0v) is 13.7. The lowest BCUT2D eigenvalue weighted by Crippen LogP contribution is -2.55. The van der Waals surface area contributed by atoms with Gasteiger partial charge in [-0.1, -0.05) is 39.3 Å². The fourth-order valence-corrected chi connectivity index (χ4v) is 5.90. The van der Waals surface area contributed by atoms with Crippen molar-refractivity contribution in [2.45, 2.75) is 79.1 Å². The summed E-state index contributed by atoms with van der Waals surface area (Å²) in [5.41, 5.74) is 2.36. The third-order valence-electron chi connectivity index (χ3n) is 7.31. The van der Waals surface area contributed by atoms with E-state index in [4.69, 9.17) is 0 Å². The summed E-state index contributed by atoms with van der Waals surface area (Å²) < 4.78 is 0. The minimum absolute atomic E-state index is 0.0768. The molecule has 112 valence electrons. The summed E-state index contributed by atoms with van der Waals surface area (Å²) in [6.07, 6.45) is 12.0. The van der Waals surface area contributed by atoms with Crippen LogP contribution in [0.3, 0.4) is 0 Å². The van der Waals surface area contributed by atoms with Gasteiger partial charge in [0.2, 0.25) is 0 Å². The Kier molecular flexibility index (Phi) is 3.19. The summed E-state index contributed by atoms with van der Waals surface area (Å²) in [6.45, 7) is 9.43. The summed E-state index contributed by atoms with van der Waals surface area (Å²) in [5.74, 6) is 1.10. The standard InChI is InChI=1S/C19H30O/c1-5-18(3)15-9-12-17(2)11-7-6-8-14(17)19(15,4)13-10-16(18)20/h8,15H,5-7,9-13H2,1-4H3/t15?,17-,18-,19-/m0/s1. The van der Waals surface area contributed by atoms with Crippen molar-refractivity contribution in [2.75, 3.05) is 0 Å². The van der Waals surface area contributed by atoms with Gasteiger partial charge in [0.1, 0.15) is 5.78 Å². The van der Waals surface area contributed by atoms with Gasteiger partial charge in [0.05, 0.1) is 0 Å². The molecule has 1 heteroatoms. The van der Waals surface area contributed by atoms with E-state index in [-0.39, 0.29) is 10.8 Å². The first-order valence-electron chi connectivity index (χ1n) is 8.61. The summed E-state index contributed by atoms with van der Waals surface area (Å²) in [6, 6.07) is 0. The van der Waals surface area contributed by atoms with Crippen molar-refractivity contribution in [3.05, 3.63) is 11.6 Å². The Balaban J connectivity index is 2.07. The molecule has 3 rings (SSSR count). The van der Waals surface area contributed by atoms with Crippen LogP contribution in [0.4, 0.5) is 0 Å². The van der Waals surface area contributed by atoms with E-state index in [0.29, 0.717) is 17.1 Å². The smallest absolute Gasteiger partial charge is 0.139 e. The Morgan fingerprint density at radius 2 is 1.95 bits per heavy atom. The largest absolute Gasteiger partial charge is 0.299 e. The molecule has 1 nitrogen and oxygen atoms in total. The van der Waals surface area contributed by atoms with E-state index in [9.17, 15) is 4.79 Å². The Labute approximate surface area is 124 Å². The molecule has 2 fully saturated rings. The van der Waals surface area contributed by atoms with Crippen molar-refractivity contribution in [1.82, 2.24) is 0 Å². The van der Waals surface area contributed by atoms with Crippen LogP contribution in [-0.4, -0.2) is 5.78 Å². The molecule has 0 aliphatic heterocycles. The SMILES string of the molecule is CC[C@]1(C)C(=O)CC[C@@]2(C)C3=CCCC[C@@]3(C)CCC21. The zero-order chi connectivity index (χ0) is 14.6. The molecule has 4 atom stereocenters. The summed E-state index contributed by atoms with van der Waals surface area (Å²) in [5, 5.41) is 0. The van der Waals surface area contributed by atoms with Crippen LogP contribution in [0, 0.1) is 22.2 Å². The third kappa shape index (κ3) is 1.71. The predicted octanol–water partition coefficient (Wildman–Crippen LogP) is 5.30. The number of Topliss-reactive ketones (excluding diaryl/α,β-unsaturated/α-hetero) is 1. The van der Waals surface area contributed by atoms with Gasteiger partial charge in [-0.15, -0.1) is 0 Å². The average Bonchev–Trinajstić information content (AvgIpc) is 2.43. The highest BCUT2D eigenvalue weighted by Gasteiger charge is 2.58. The highest BCUT2D eigenvalue weighted by Crippen LogP contribution is 2.65. The molecule has 0 spiro atoms. The van der Waals surface area contributed by atoms with Crippen LogP contribution in [0.1, 0.15) is 79.1 Å². The number of fused-ring (bicyclic) bond motifs is 3. The fourth-order valence-electron chi connectivity index (χ4n) is 5.90. The quantitative estimate of drug-likeness (QED) is 0.593. The van der Waals surface area contributed by atoms with Crippen molar-refractivity contribution in [3.8, 4) is 0 Å². The molecular weight excluding hydrogens is 244 g/mol. The molecule has 0 radical (unpaired) electrons. The van der Waals surface area contributed by atoms with Gasteiger partial charge in [-0.2, -0.15) is 0 Å². The first-order chi connectivity index (χ1) is 9.37. The first kappa shape index (κ1) is 14.4. The molecule has 0 amide bonds. The van der Waals surface area contributed by atoms with Gasteiger partial charge in [-0.3, -0.25) is 4.79 Å². The zero-order valence-electron chi connectivity index (χ0n) is 13.7. The molecule has 0 bridgehead atoms. The molecule has 1 unspecified atom stereocenters. The van der Waals surface area contributed by atoms with Crippen LogP contribution in [0.5, 0.6) is 0 Å². The maximum atomic E-state index is 12.6. The van der Waals surface area contributed by atoms with Crippen LogP contribution in [0.25, 0.3) is 0 Å². The van der Waals surface area contributed by atoms with Gasteiger partial charge in [0.25, 0.3) is 0 Å². The number of hydrogen-bond donors (Lipinski definition) is 0. The number of ketones is 1. The Morgan fingerprint density at radius 1 is 1.20 bits per heavy atom. The molecule has 0 aromatic carbocycles. The monoisotopic (exact) mass is 274 g/mol. The van der Waals surface area contributed by atoms with E-state index >= 15 is 0 Å². The summed E-state index contributed by atoms with van der Waals surface area (Å²) >= 11 is 0. The third-order valence-corrected chi connectivity index (χ3v) is 7.31. The van der Waals surface area contributed by atoms with E-state index in [1.54, 1.807) is 5.57 Å².